The van der Waals surface area contributed by atoms with Crippen LogP contribution in [0.25, 0.3) is 5.57 Å². The van der Waals surface area contributed by atoms with Crippen LogP contribution >= 0.6 is 0 Å². The fourth-order valence-corrected chi connectivity index (χ4v) is 2.98. The minimum absolute atomic E-state index is 0.0470. The molecule has 1 aromatic heterocycles. The Balaban J connectivity index is 1.97. The van der Waals surface area contributed by atoms with Crippen molar-refractivity contribution in [1.29, 1.82) is 0 Å². The van der Waals surface area contributed by atoms with Crippen molar-refractivity contribution in [3.8, 4) is 0 Å². The lowest BCUT2D eigenvalue weighted by atomic mass is 9.82. The number of aryl methyl sites for hydroxylation is 1. The lowest BCUT2D eigenvalue weighted by Gasteiger charge is -2.32. The SMILES string of the molecule is CCOC(=O)c1cn(CC(=C(F)B2OC(C)(C)C(C)(C)O2)c2ccc(C)cc2)nn1. The van der Waals surface area contributed by atoms with Crippen LogP contribution in [0.2, 0.25) is 0 Å². The summed E-state index contributed by atoms with van der Waals surface area (Å²) in [6.45, 7) is 11.4. The van der Waals surface area contributed by atoms with E-state index in [-0.39, 0.29) is 18.8 Å². The third-order valence-electron chi connectivity index (χ3n) is 5.49. The van der Waals surface area contributed by atoms with Gasteiger partial charge in [-0.05, 0) is 47.1 Å². The van der Waals surface area contributed by atoms with Crippen molar-refractivity contribution in [1.82, 2.24) is 15.0 Å². The number of carbonyl (C=O) groups excluding carboxylic acids is 1. The number of allylic oxidation sites excluding steroid dienone is 1. The molecule has 1 fully saturated rings. The summed E-state index contributed by atoms with van der Waals surface area (Å²) in [5.74, 6) is -0.573. The van der Waals surface area contributed by atoms with Gasteiger partial charge in [-0.15, -0.1) is 5.10 Å². The normalized spacial score (nSPS) is 18.3. The molecule has 7 nitrogen and oxygen atoms in total. The highest BCUT2D eigenvalue weighted by Gasteiger charge is 2.53. The number of hydrogen-bond acceptors (Lipinski definition) is 6. The molecule has 30 heavy (non-hydrogen) atoms. The van der Waals surface area contributed by atoms with Crippen molar-refractivity contribution in [3.05, 3.63) is 53.0 Å². The first-order valence-electron chi connectivity index (χ1n) is 9.92. The molecule has 1 aliphatic heterocycles. The summed E-state index contributed by atoms with van der Waals surface area (Å²) in [6.07, 6.45) is 1.43. The summed E-state index contributed by atoms with van der Waals surface area (Å²) >= 11 is 0. The molecule has 2 aromatic rings. The molecular formula is C21H27BFN3O4. The van der Waals surface area contributed by atoms with Crippen molar-refractivity contribution < 1.29 is 23.2 Å². The van der Waals surface area contributed by atoms with Crippen LogP contribution in [-0.4, -0.2) is 45.9 Å². The van der Waals surface area contributed by atoms with Gasteiger partial charge in [0.25, 0.3) is 0 Å². The lowest BCUT2D eigenvalue weighted by molar-refractivity contribution is 0.00578. The van der Waals surface area contributed by atoms with Gasteiger partial charge in [-0.2, -0.15) is 0 Å². The van der Waals surface area contributed by atoms with E-state index in [2.05, 4.69) is 10.3 Å². The maximum atomic E-state index is 15.7. The molecule has 1 saturated heterocycles. The molecule has 3 rings (SSSR count). The van der Waals surface area contributed by atoms with Crippen molar-refractivity contribution >= 4 is 18.7 Å². The van der Waals surface area contributed by atoms with Gasteiger partial charge >= 0.3 is 13.1 Å². The molecule has 0 saturated carbocycles. The largest absolute Gasteiger partial charge is 0.525 e. The Bertz CT molecular complexity index is 937. The number of esters is 1. The van der Waals surface area contributed by atoms with Gasteiger partial charge in [0.05, 0.1) is 30.6 Å². The first-order chi connectivity index (χ1) is 14.0. The quantitative estimate of drug-likeness (QED) is 0.528. The highest BCUT2D eigenvalue weighted by atomic mass is 19.1. The number of carbonyl (C=O) groups is 1. The first kappa shape index (κ1) is 22.2. The summed E-state index contributed by atoms with van der Waals surface area (Å²) in [5, 5.41) is 7.78. The third kappa shape index (κ3) is 4.47. The molecule has 2 heterocycles. The van der Waals surface area contributed by atoms with Crippen LogP contribution < -0.4 is 0 Å². The first-order valence-corrected chi connectivity index (χ1v) is 9.92. The zero-order valence-electron chi connectivity index (χ0n) is 18.2. The number of benzene rings is 1. The predicted molar refractivity (Wildman–Crippen MR) is 111 cm³/mol. The number of hydrogen-bond donors (Lipinski definition) is 0. The van der Waals surface area contributed by atoms with E-state index in [1.165, 1.54) is 10.9 Å². The summed E-state index contributed by atoms with van der Waals surface area (Å²) in [4.78, 5) is 11.9. The average molecular weight is 415 g/mol. The van der Waals surface area contributed by atoms with Crippen LogP contribution in [0.15, 0.2) is 36.2 Å². The van der Waals surface area contributed by atoms with Crippen LogP contribution in [0.4, 0.5) is 4.39 Å². The van der Waals surface area contributed by atoms with E-state index in [0.29, 0.717) is 11.1 Å². The number of rotatable bonds is 6. The van der Waals surface area contributed by atoms with Crippen molar-refractivity contribution in [2.75, 3.05) is 6.61 Å². The second kappa shape index (κ2) is 8.31. The van der Waals surface area contributed by atoms with E-state index in [0.717, 1.165) is 5.56 Å². The highest BCUT2D eigenvalue weighted by Crippen LogP contribution is 2.40. The molecule has 0 amide bonds. The van der Waals surface area contributed by atoms with Gasteiger partial charge in [0, 0.05) is 5.57 Å². The maximum Gasteiger partial charge on any atom is 0.525 e. The predicted octanol–water partition coefficient (Wildman–Crippen LogP) is 3.78. The van der Waals surface area contributed by atoms with Crippen molar-refractivity contribution in [2.45, 2.75) is 59.3 Å². The molecular weight excluding hydrogens is 388 g/mol. The standard InChI is InChI=1S/C21H27BFN3O4/c1-7-28-19(27)17-13-26(25-24-17)12-16(15-10-8-14(2)9-11-15)18(23)22-29-20(3,4)21(5,6)30-22/h8-11,13H,7,12H2,1-6H3. The minimum Gasteiger partial charge on any atom is -0.461 e. The van der Waals surface area contributed by atoms with E-state index >= 15 is 4.39 Å². The zero-order valence-corrected chi connectivity index (χ0v) is 18.2. The van der Waals surface area contributed by atoms with Gasteiger partial charge in [0.15, 0.2) is 5.69 Å². The minimum atomic E-state index is -1.14. The Kier molecular flexibility index (Phi) is 6.15. The fourth-order valence-electron chi connectivity index (χ4n) is 2.98. The average Bonchev–Trinajstić information content (AvgIpc) is 3.22. The zero-order chi connectivity index (χ0) is 22.1. The molecule has 1 aromatic carbocycles. The summed E-state index contributed by atoms with van der Waals surface area (Å²) in [5.41, 5.74) is 0.256. The Morgan fingerprint density at radius 3 is 2.33 bits per heavy atom. The maximum absolute atomic E-state index is 15.7. The van der Waals surface area contributed by atoms with Gasteiger partial charge in [-0.25, -0.2) is 13.9 Å². The van der Waals surface area contributed by atoms with Crippen LogP contribution in [0.1, 0.15) is 56.2 Å². The Hall–Kier alpha value is -2.52. The summed E-state index contributed by atoms with van der Waals surface area (Å²) < 4.78 is 33.8. The topological polar surface area (TPSA) is 75.5 Å². The molecule has 1 aliphatic rings. The van der Waals surface area contributed by atoms with E-state index in [1.54, 1.807) is 6.92 Å². The van der Waals surface area contributed by atoms with E-state index in [9.17, 15) is 4.79 Å². The summed E-state index contributed by atoms with van der Waals surface area (Å²) in [7, 11) is -1.14. The number of aromatic nitrogens is 3. The van der Waals surface area contributed by atoms with Gasteiger partial charge in [-0.1, -0.05) is 35.0 Å². The van der Waals surface area contributed by atoms with Crippen LogP contribution in [0.3, 0.4) is 0 Å². The van der Waals surface area contributed by atoms with Crippen LogP contribution in [-0.2, 0) is 20.6 Å². The monoisotopic (exact) mass is 415 g/mol. The lowest BCUT2D eigenvalue weighted by Crippen LogP contribution is -2.41. The molecule has 160 valence electrons. The smallest absolute Gasteiger partial charge is 0.461 e. The fraction of sp³-hybridized carbons (Fsp3) is 0.476. The molecule has 0 radical (unpaired) electrons. The molecule has 0 bridgehead atoms. The molecule has 0 unspecified atom stereocenters. The molecule has 0 N–H and O–H groups in total. The number of nitrogens with zero attached hydrogens (tertiary/aromatic N) is 3. The van der Waals surface area contributed by atoms with Gasteiger partial charge < -0.3 is 14.0 Å². The van der Waals surface area contributed by atoms with Crippen molar-refractivity contribution in [3.63, 3.8) is 0 Å². The number of halogens is 1. The highest BCUT2D eigenvalue weighted by molar-refractivity contribution is 6.55. The molecule has 9 heteroatoms. The van der Waals surface area contributed by atoms with Crippen molar-refractivity contribution in [2.24, 2.45) is 0 Å². The molecule has 0 spiro atoms. The second-order valence-corrected chi connectivity index (χ2v) is 8.30. The van der Waals surface area contributed by atoms with Crippen LogP contribution in [0, 0.1) is 6.92 Å². The molecule has 0 aliphatic carbocycles. The van der Waals surface area contributed by atoms with E-state index in [4.69, 9.17) is 14.0 Å². The Labute approximate surface area is 176 Å². The number of ether oxygens (including phenoxy) is 1. The second-order valence-electron chi connectivity index (χ2n) is 8.30. The molecule has 0 atom stereocenters. The Morgan fingerprint density at radius 1 is 1.17 bits per heavy atom. The van der Waals surface area contributed by atoms with Crippen LogP contribution in [0.5, 0.6) is 0 Å². The van der Waals surface area contributed by atoms with E-state index in [1.807, 2.05) is 58.9 Å². The van der Waals surface area contributed by atoms with Gasteiger partial charge in [-0.3, -0.25) is 0 Å². The van der Waals surface area contributed by atoms with Gasteiger partial charge in [0.2, 0.25) is 0 Å². The van der Waals surface area contributed by atoms with Gasteiger partial charge in [0.1, 0.15) is 5.73 Å². The third-order valence-corrected chi connectivity index (χ3v) is 5.49. The Morgan fingerprint density at radius 2 is 1.77 bits per heavy atom. The van der Waals surface area contributed by atoms with E-state index < -0.39 is 30.0 Å². The summed E-state index contributed by atoms with van der Waals surface area (Å²) in [6, 6.07) is 7.47.